The van der Waals surface area contributed by atoms with Gasteiger partial charge in [-0.15, -0.1) is 0 Å². The van der Waals surface area contributed by atoms with Crippen molar-refractivity contribution >= 4 is 33.2 Å². The molecule has 0 saturated carbocycles. The summed E-state index contributed by atoms with van der Waals surface area (Å²) in [4.78, 5) is 20.7. The van der Waals surface area contributed by atoms with Crippen molar-refractivity contribution in [3.05, 3.63) is 78.0 Å². The van der Waals surface area contributed by atoms with Crippen molar-refractivity contribution in [3.8, 4) is 0 Å². The molecule has 4 rings (SSSR count). The van der Waals surface area contributed by atoms with Crippen LogP contribution in [0.25, 0.3) is 0 Å². The molecule has 1 saturated heterocycles. The predicted octanol–water partition coefficient (Wildman–Crippen LogP) is 3.86. The average molecular weight is 481 g/mol. The van der Waals surface area contributed by atoms with Crippen LogP contribution in [0.4, 0.5) is 17.2 Å². The second-order valence-electron chi connectivity index (χ2n) is 8.20. The van der Waals surface area contributed by atoms with E-state index in [2.05, 4.69) is 26.4 Å². The third kappa shape index (κ3) is 5.31. The number of anilines is 3. The minimum absolute atomic E-state index is 0.0426. The number of rotatable bonds is 8. The molecule has 1 aliphatic heterocycles. The minimum atomic E-state index is -3.92. The highest BCUT2D eigenvalue weighted by Crippen LogP contribution is 2.27. The van der Waals surface area contributed by atoms with Crippen LogP contribution in [-0.4, -0.2) is 50.7 Å². The highest BCUT2D eigenvalue weighted by Gasteiger charge is 2.22. The third-order valence-electron chi connectivity index (χ3n) is 5.87. The van der Waals surface area contributed by atoms with Gasteiger partial charge in [-0.25, -0.2) is 18.2 Å². The predicted molar refractivity (Wildman–Crippen MR) is 133 cm³/mol. The summed E-state index contributed by atoms with van der Waals surface area (Å²) in [5, 5.41) is 9.77. The molecule has 9 heteroatoms. The largest absolute Gasteiger partial charge is 0.478 e. The number of nitrogens with zero attached hydrogens (tertiary/aromatic N) is 3. The van der Waals surface area contributed by atoms with Gasteiger partial charge in [0.2, 0.25) is 0 Å². The Morgan fingerprint density at radius 2 is 1.71 bits per heavy atom. The van der Waals surface area contributed by atoms with E-state index in [-0.39, 0.29) is 16.1 Å². The lowest BCUT2D eigenvalue weighted by Crippen LogP contribution is -2.46. The molecular formula is C25H28N4O4S. The zero-order valence-electron chi connectivity index (χ0n) is 19.0. The molecule has 34 heavy (non-hydrogen) atoms. The molecule has 1 aromatic heterocycles. The van der Waals surface area contributed by atoms with Crippen LogP contribution in [0, 0.1) is 0 Å². The molecule has 8 nitrogen and oxygen atoms in total. The van der Waals surface area contributed by atoms with Crippen molar-refractivity contribution in [2.24, 2.45) is 0 Å². The molecule has 2 heterocycles. The van der Waals surface area contributed by atoms with Crippen LogP contribution in [-0.2, 0) is 16.4 Å². The van der Waals surface area contributed by atoms with Crippen molar-refractivity contribution in [1.82, 2.24) is 4.98 Å². The van der Waals surface area contributed by atoms with Gasteiger partial charge >= 0.3 is 5.97 Å². The summed E-state index contributed by atoms with van der Waals surface area (Å²) in [7, 11) is -3.92. The Bertz CT molecular complexity index is 1240. The van der Waals surface area contributed by atoms with Crippen molar-refractivity contribution in [3.63, 3.8) is 0 Å². The summed E-state index contributed by atoms with van der Waals surface area (Å²) >= 11 is 0. The number of aryl methyl sites for hydroxylation is 1. The number of piperazine rings is 1. The number of sulfonamides is 1. The van der Waals surface area contributed by atoms with Crippen LogP contribution in [0.1, 0.15) is 29.3 Å². The van der Waals surface area contributed by atoms with Gasteiger partial charge in [0.05, 0.1) is 16.1 Å². The molecule has 0 spiro atoms. The second-order valence-corrected chi connectivity index (χ2v) is 9.88. The zero-order valence-corrected chi connectivity index (χ0v) is 19.8. The van der Waals surface area contributed by atoms with Crippen molar-refractivity contribution in [1.29, 1.82) is 0 Å². The first-order chi connectivity index (χ1) is 16.4. The van der Waals surface area contributed by atoms with E-state index in [4.69, 9.17) is 0 Å². The van der Waals surface area contributed by atoms with E-state index >= 15 is 0 Å². The van der Waals surface area contributed by atoms with Crippen LogP contribution in [0.15, 0.2) is 71.8 Å². The number of carboxylic acid groups (broad SMARTS) is 1. The second kappa shape index (κ2) is 10.1. The zero-order chi connectivity index (χ0) is 24.1. The van der Waals surface area contributed by atoms with E-state index in [0.717, 1.165) is 43.0 Å². The van der Waals surface area contributed by atoms with Gasteiger partial charge in [-0.1, -0.05) is 31.5 Å². The molecule has 0 unspecified atom stereocenters. The first kappa shape index (κ1) is 23.6. The molecule has 0 radical (unpaired) electrons. The smallest absolute Gasteiger partial charge is 0.337 e. The quantitative estimate of drug-likeness (QED) is 0.505. The Morgan fingerprint density at radius 1 is 1.00 bits per heavy atom. The molecule has 3 aromatic rings. The van der Waals surface area contributed by atoms with Crippen LogP contribution in [0.3, 0.4) is 0 Å². The molecule has 0 bridgehead atoms. The summed E-state index contributed by atoms with van der Waals surface area (Å²) in [5.74, 6) is -0.272. The molecule has 178 valence electrons. The van der Waals surface area contributed by atoms with E-state index in [1.54, 1.807) is 36.5 Å². The van der Waals surface area contributed by atoms with Gasteiger partial charge in [0.25, 0.3) is 10.0 Å². The number of nitrogens with one attached hydrogen (secondary N) is 1. The minimum Gasteiger partial charge on any atom is -0.478 e. The summed E-state index contributed by atoms with van der Waals surface area (Å²) < 4.78 is 28.2. The number of pyridine rings is 1. The normalized spacial score (nSPS) is 14.1. The summed E-state index contributed by atoms with van der Waals surface area (Å²) in [6.07, 6.45) is 3.60. The van der Waals surface area contributed by atoms with E-state index in [1.807, 2.05) is 18.2 Å². The summed E-state index contributed by atoms with van der Waals surface area (Å²) in [5.41, 5.74) is 1.75. The van der Waals surface area contributed by atoms with Crippen molar-refractivity contribution in [2.75, 3.05) is 40.7 Å². The lowest BCUT2D eigenvalue weighted by molar-refractivity contribution is 0.0698. The van der Waals surface area contributed by atoms with Gasteiger partial charge in [-0.3, -0.25) is 4.72 Å². The Kier molecular flexibility index (Phi) is 7.02. The molecule has 1 fully saturated rings. The number of benzene rings is 2. The number of aromatic carboxylic acids is 1. The standard InChI is InChI=1S/C25H28N4O4S/c1-2-5-19-7-10-21(11-8-19)34(32,33)27-23-12-9-20(18-22(23)25(30)31)28-14-16-29(17-15-28)24-6-3-4-13-26-24/h3-4,6-13,18,27H,2,5,14-17H2,1H3,(H,30,31). The average Bonchev–Trinajstić information content (AvgIpc) is 2.85. The number of carboxylic acids is 1. The molecule has 1 aliphatic rings. The SMILES string of the molecule is CCCc1ccc(S(=O)(=O)Nc2ccc(N3CCN(c4ccccn4)CC3)cc2C(=O)O)cc1. The van der Waals surface area contributed by atoms with Crippen LogP contribution in [0.2, 0.25) is 0 Å². The highest BCUT2D eigenvalue weighted by atomic mass is 32.2. The Balaban J connectivity index is 1.50. The van der Waals surface area contributed by atoms with Crippen LogP contribution in [0.5, 0.6) is 0 Å². The van der Waals surface area contributed by atoms with Crippen molar-refractivity contribution in [2.45, 2.75) is 24.7 Å². The molecule has 0 amide bonds. The maximum absolute atomic E-state index is 12.9. The van der Waals surface area contributed by atoms with E-state index in [1.165, 1.54) is 12.1 Å². The van der Waals surface area contributed by atoms with Crippen LogP contribution >= 0.6 is 0 Å². The third-order valence-corrected chi connectivity index (χ3v) is 7.25. The fourth-order valence-electron chi connectivity index (χ4n) is 4.06. The van der Waals surface area contributed by atoms with Gasteiger partial charge in [0.15, 0.2) is 0 Å². The molecule has 2 N–H and O–H groups in total. The van der Waals surface area contributed by atoms with Crippen LogP contribution < -0.4 is 14.5 Å². The topological polar surface area (TPSA) is 103 Å². The maximum atomic E-state index is 12.9. The molecule has 0 aliphatic carbocycles. The van der Waals surface area contributed by atoms with Gasteiger partial charge in [0.1, 0.15) is 5.82 Å². The summed E-state index contributed by atoms with van der Waals surface area (Å²) in [6, 6.07) is 17.3. The number of hydrogen-bond acceptors (Lipinski definition) is 6. The van der Waals surface area contributed by atoms with Crippen molar-refractivity contribution < 1.29 is 18.3 Å². The van der Waals surface area contributed by atoms with Gasteiger partial charge in [-0.2, -0.15) is 0 Å². The Labute approximate surface area is 199 Å². The summed E-state index contributed by atoms with van der Waals surface area (Å²) in [6.45, 7) is 4.96. The lowest BCUT2D eigenvalue weighted by atomic mass is 10.1. The highest BCUT2D eigenvalue weighted by molar-refractivity contribution is 7.92. The first-order valence-corrected chi connectivity index (χ1v) is 12.8. The molecular weight excluding hydrogens is 452 g/mol. The number of aromatic nitrogens is 1. The number of carbonyl (C=O) groups is 1. The monoisotopic (exact) mass is 480 g/mol. The van der Waals surface area contributed by atoms with E-state index in [9.17, 15) is 18.3 Å². The fourth-order valence-corrected chi connectivity index (χ4v) is 5.14. The van der Waals surface area contributed by atoms with E-state index in [0.29, 0.717) is 13.1 Å². The number of hydrogen-bond donors (Lipinski definition) is 2. The van der Waals surface area contributed by atoms with Gasteiger partial charge in [0, 0.05) is 38.1 Å². The molecule has 2 aromatic carbocycles. The molecule has 0 atom stereocenters. The first-order valence-electron chi connectivity index (χ1n) is 11.3. The van der Waals surface area contributed by atoms with E-state index < -0.39 is 16.0 Å². The Morgan fingerprint density at radius 3 is 2.32 bits per heavy atom. The van der Waals surface area contributed by atoms with Gasteiger partial charge in [-0.05, 0) is 54.4 Å². The van der Waals surface area contributed by atoms with Gasteiger partial charge < -0.3 is 14.9 Å². The fraction of sp³-hybridized carbons (Fsp3) is 0.280. The lowest BCUT2D eigenvalue weighted by Gasteiger charge is -2.36. The Hall–Kier alpha value is -3.59. The maximum Gasteiger partial charge on any atom is 0.337 e.